The second kappa shape index (κ2) is 8.53. The first-order valence-electron chi connectivity index (χ1n) is 9.44. The summed E-state index contributed by atoms with van der Waals surface area (Å²) in [5.74, 6) is 0.742. The molecule has 4 rings (SSSR count). The summed E-state index contributed by atoms with van der Waals surface area (Å²) in [7, 11) is 0. The zero-order chi connectivity index (χ0) is 20.2. The van der Waals surface area contributed by atoms with E-state index < -0.39 is 0 Å². The van der Waals surface area contributed by atoms with Crippen LogP contribution in [0.4, 0.5) is 5.69 Å². The summed E-state index contributed by atoms with van der Waals surface area (Å²) in [5, 5.41) is 3.96. The van der Waals surface area contributed by atoms with Gasteiger partial charge in [0.2, 0.25) is 5.91 Å². The maximum absolute atomic E-state index is 12.8. The molecule has 0 aliphatic heterocycles. The Hall–Kier alpha value is -3.05. The molecule has 4 aromatic rings. The number of rotatable bonds is 6. The molecule has 0 saturated carbocycles. The van der Waals surface area contributed by atoms with Gasteiger partial charge in [-0.25, -0.2) is 0 Å². The normalized spacial score (nSPS) is 11.9. The number of hydrogen-bond donors (Lipinski definition) is 1. The molecule has 146 valence electrons. The summed E-state index contributed by atoms with van der Waals surface area (Å²) in [5.41, 5.74) is 2.86. The van der Waals surface area contributed by atoms with E-state index in [1.54, 1.807) is 0 Å². The molecule has 0 spiro atoms. The molecule has 4 nitrogen and oxygen atoms in total. The minimum Gasteiger partial charge on any atom is -0.488 e. The Bertz CT molecular complexity index is 1120. The number of nitrogens with zero attached hydrogens (tertiary/aromatic N) is 1. The summed E-state index contributed by atoms with van der Waals surface area (Å²) in [6, 6.07) is 25.2. The maximum atomic E-state index is 12.8. The van der Waals surface area contributed by atoms with Crippen molar-refractivity contribution >= 4 is 38.4 Å². The molecule has 29 heavy (non-hydrogen) atoms. The number of halogens is 1. The van der Waals surface area contributed by atoms with Gasteiger partial charge in [0, 0.05) is 21.7 Å². The van der Waals surface area contributed by atoms with Crippen LogP contribution in [-0.4, -0.2) is 10.5 Å². The second-order valence-electron chi connectivity index (χ2n) is 6.86. The average Bonchev–Trinajstić information content (AvgIpc) is 3.19. The highest BCUT2D eigenvalue weighted by Gasteiger charge is 2.18. The number of anilines is 1. The fourth-order valence-electron chi connectivity index (χ4n) is 3.27. The molecule has 1 amide bonds. The number of carbonyl (C=O) groups excluding carboxylic acids is 1. The Morgan fingerprint density at radius 2 is 1.76 bits per heavy atom. The van der Waals surface area contributed by atoms with Crippen LogP contribution in [-0.2, 0) is 11.4 Å². The van der Waals surface area contributed by atoms with E-state index in [0.717, 1.165) is 32.4 Å². The lowest BCUT2D eigenvalue weighted by Gasteiger charge is -2.16. The highest BCUT2D eigenvalue weighted by molar-refractivity contribution is 9.10. The molecule has 3 aromatic carbocycles. The number of benzene rings is 3. The van der Waals surface area contributed by atoms with Crippen LogP contribution >= 0.6 is 15.9 Å². The number of aromatic nitrogens is 1. The molecular formula is C24H21BrN2O2. The quantitative estimate of drug-likeness (QED) is 0.382. The van der Waals surface area contributed by atoms with Crippen molar-refractivity contribution in [3.05, 3.63) is 95.1 Å². The van der Waals surface area contributed by atoms with Gasteiger partial charge in [-0.1, -0.05) is 52.3 Å². The molecule has 0 bridgehead atoms. The SMILES string of the molecule is CC(C(=O)Nc1ccc(Br)cc1)n1ccc2c(OCc3ccccc3)cccc21. The lowest BCUT2D eigenvalue weighted by Crippen LogP contribution is -2.23. The van der Waals surface area contributed by atoms with E-state index in [1.807, 2.05) is 96.6 Å². The Kier molecular flexibility index (Phi) is 5.67. The summed E-state index contributed by atoms with van der Waals surface area (Å²) >= 11 is 3.40. The molecule has 0 saturated heterocycles. The number of fused-ring (bicyclic) bond motifs is 1. The maximum Gasteiger partial charge on any atom is 0.247 e. The predicted molar refractivity (Wildman–Crippen MR) is 120 cm³/mol. The Morgan fingerprint density at radius 1 is 1.00 bits per heavy atom. The predicted octanol–water partition coefficient (Wildman–Crippen LogP) is 6.18. The van der Waals surface area contributed by atoms with Crippen molar-refractivity contribution in [1.29, 1.82) is 0 Å². The molecular weight excluding hydrogens is 428 g/mol. The van der Waals surface area contributed by atoms with E-state index >= 15 is 0 Å². The van der Waals surface area contributed by atoms with E-state index in [4.69, 9.17) is 4.74 Å². The van der Waals surface area contributed by atoms with Gasteiger partial charge in [-0.15, -0.1) is 0 Å². The largest absolute Gasteiger partial charge is 0.488 e. The van der Waals surface area contributed by atoms with E-state index in [9.17, 15) is 4.79 Å². The highest BCUT2D eigenvalue weighted by atomic mass is 79.9. The minimum atomic E-state index is -0.361. The number of amides is 1. The molecule has 5 heteroatoms. The van der Waals surface area contributed by atoms with Gasteiger partial charge < -0.3 is 14.6 Å². The molecule has 1 aromatic heterocycles. The smallest absolute Gasteiger partial charge is 0.247 e. The van der Waals surface area contributed by atoms with Gasteiger partial charge >= 0.3 is 0 Å². The summed E-state index contributed by atoms with van der Waals surface area (Å²) < 4.78 is 8.99. The van der Waals surface area contributed by atoms with Gasteiger partial charge in [0.25, 0.3) is 0 Å². The van der Waals surface area contributed by atoms with Crippen molar-refractivity contribution in [2.75, 3.05) is 5.32 Å². The number of hydrogen-bond acceptors (Lipinski definition) is 2. The molecule has 0 aliphatic carbocycles. The van der Waals surface area contributed by atoms with Crippen LogP contribution in [0.3, 0.4) is 0 Å². The number of ether oxygens (including phenoxy) is 1. The van der Waals surface area contributed by atoms with E-state index in [-0.39, 0.29) is 11.9 Å². The average molecular weight is 449 g/mol. The Morgan fingerprint density at radius 3 is 2.52 bits per heavy atom. The van der Waals surface area contributed by atoms with Crippen LogP contribution in [0.25, 0.3) is 10.9 Å². The van der Waals surface area contributed by atoms with Crippen molar-refractivity contribution in [1.82, 2.24) is 4.57 Å². The van der Waals surface area contributed by atoms with Crippen molar-refractivity contribution in [3.63, 3.8) is 0 Å². The summed E-state index contributed by atoms with van der Waals surface area (Å²) in [6.07, 6.45) is 1.94. The zero-order valence-electron chi connectivity index (χ0n) is 16.0. The summed E-state index contributed by atoms with van der Waals surface area (Å²) in [6.45, 7) is 2.40. The molecule has 0 radical (unpaired) electrons. The molecule has 1 heterocycles. The third-order valence-electron chi connectivity index (χ3n) is 4.87. The van der Waals surface area contributed by atoms with Crippen LogP contribution in [0.5, 0.6) is 5.75 Å². The first-order chi connectivity index (χ1) is 14.1. The van der Waals surface area contributed by atoms with Gasteiger partial charge in [0.1, 0.15) is 18.4 Å². The van der Waals surface area contributed by atoms with Crippen LogP contribution in [0.15, 0.2) is 89.5 Å². The minimum absolute atomic E-state index is 0.0690. The van der Waals surface area contributed by atoms with Crippen molar-refractivity contribution in [2.45, 2.75) is 19.6 Å². The van der Waals surface area contributed by atoms with Crippen molar-refractivity contribution in [3.8, 4) is 5.75 Å². The fourth-order valence-corrected chi connectivity index (χ4v) is 3.53. The fraction of sp³-hybridized carbons (Fsp3) is 0.125. The topological polar surface area (TPSA) is 43.3 Å². The van der Waals surface area contributed by atoms with Crippen LogP contribution in [0.2, 0.25) is 0 Å². The first kappa shape index (κ1) is 19.3. The van der Waals surface area contributed by atoms with Gasteiger partial charge in [-0.05, 0) is 55.0 Å². The van der Waals surface area contributed by atoms with E-state index in [0.29, 0.717) is 6.61 Å². The van der Waals surface area contributed by atoms with Gasteiger partial charge in [0.05, 0.1) is 5.52 Å². The monoisotopic (exact) mass is 448 g/mol. The van der Waals surface area contributed by atoms with Crippen LogP contribution in [0.1, 0.15) is 18.5 Å². The highest BCUT2D eigenvalue weighted by Crippen LogP contribution is 2.29. The third-order valence-corrected chi connectivity index (χ3v) is 5.40. The first-order valence-corrected chi connectivity index (χ1v) is 10.2. The third kappa shape index (κ3) is 4.35. The summed E-state index contributed by atoms with van der Waals surface area (Å²) in [4.78, 5) is 12.8. The van der Waals surface area contributed by atoms with Gasteiger partial charge in [-0.3, -0.25) is 4.79 Å². The van der Waals surface area contributed by atoms with E-state index in [2.05, 4.69) is 21.2 Å². The van der Waals surface area contributed by atoms with Crippen molar-refractivity contribution in [2.24, 2.45) is 0 Å². The number of carbonyl (C=O) groups is 1. The molecule has 0 fully saturated rings. The standard InChI is InChI=1S/C24H21BrN2O2/c1-17(24(28)26-20-12-10-19(25)11-13-20)27-15-14-21-22(27)8-5-9-23(21)29-16-18-6-3-2-4-7-18/h2-15,17H,16H2,1H3,(H,26,28). The van der Waals surface area contributed by atoms with Crippen LogP contribution in [0, 0.1) is 0 Å². The Balaban J connectivity index is 1.53. The zero-order valence-corrected chi connectivity index (χ0v) is 17.6. The molecule has 0 aliphatic rings. The van der Waals surface area contributed by atoms with Gasteiger partial charge in [0.15, 0.2) is 0 Å². The second-order valence-corrected chi connectivity index (χ2v) is 7.77. The molecule has 1 atom stereocenters. The van der Waals surface area contributed by atoms with E-state index in [1.165, 1.54) is 0 Å². The Labute approximate surface area is 178 Å². The molecule has 1 N–H and O–H groups in total. The molecule has 1 unspecified atom stereocenters. The van der Waals surface area contributed by atoms with Crippen LogP contribution < -0.4 is 10.1 Å². The lowest BCUT2D eigenvalue weighted by atomic mass is 10.2. The van der Waals surface area contributed by atoms with Gasteiger partial charge in [-0.2, -0.15) is 0 Å². The van der Waals surface area contributed by atoms with Crippen molar-refractivity contribution < 1.29 is 9.53 Å². The number of nitrogens with one attached hydrogen (secondary N) is 1. The lowest BCUT2D eigenvalue weighted by molar-refractivity contribution is -0.118.